The first-order valence-corrected chi connectivity index (χ1v) is 8.80. The third-order valence-corrected chi connectivity index (χ3v) is 5.46. The van der Waals surface area contributed by atoms with Gasteiger partial charge in [0.15, 0.2) is 0 Å². The zero-order valence-electron chi connectivity index (χ0n) is 12.4. The second-order valence-corrected chi connectivity index (χ2v) is 7.38. The quantitative estimate of drug-likeness (QED) is 0.928. The molecule has 0 radical (unpaired) electrons. The monoisotopic (exact) mass is 321 g/mol. The summed E-state index contributed by atoms with van der Waals surface area (Å²) >= 11 is 0. The van der Waals surface area contributed by atoms with E-state index in [9.17, 15) is 8.42 Å². The second kappa shape index (κ2) is 6.20. The summed E-state index contributed by atoms with van der Waals surface area (Å²) in [4.78, 5) is 7.35. The van der Waals surface area contributed by atoms with E-state index in [1.165, 1.54) is 4.31 Å². The fourth-order valence-electron chi connectivity index (χ4n) is 2.52. The van der Waals surface area contributed by atoms with Crippen molar-refractivity contribution in [2.45, 2.75) is 18.8 Å². The van der Waals surface area contributed by atoms with Crippen molar-refractivity contribution in [2.75, 3.05) is 19.7 Å². The maximum atomic E-state index is 12.6. The second-order valence-electron chi connectivity index (χ2n) is 5.41. The fraction of sp³-hybridized carbons (Fsp3) is 0.400. The van der Waals surface area contributed by atoms with Crippen LogP contribution in [-0.2, 0) is 20.5 Å². The molecule has 1 N–H and O–H groups in total. The molecule has 0 aliphatic carbocycles. The highest BCUT2D eigenvalue weighted by atomic mass is 32.2. The van der Waals surface area contributed by atoms with Crippen molar-refractivity contribution in [1.29, 1.82) is 0 Å². The number of imidazole rings is 1. The Hall–Kier alpha value is -1.70. The molecule has 2 aromatic rings. The predicted molar refractivity (Wildman–Crippen MR) is 82.7 cm³/mol. The standard InChI is InChI=1S/C15H19N3O3S/c1-12-9-16-15(17-12)14-10-18(7-8-21-14)22(19,20)11-13-5-3-2-4-6-13/h2-6,9,14H,7-8,10-11H2,1H3,(H,16,17)/t14-/m0/s1. The number of nitrogens with zero attached hydrogens (tertiary/aromatic N) is 2. The molecular formula is C15H19N3O3S. The average molecular weight is 321 g/mol. The summed E-state index contributed by atoms with van der Waals surface area (Å²) in [6.45, 7) is 2.95. The van der Waals surface area contributed by atoms with Crippen LogP contribution in [-0.4, -0.2) is 42.4 Å². The Morgan fingerprint density at radius 2 is 2.14 bits per heavy atom. The van der Waals surface area contributed by atoms with Gasteiger partial charge in [-0.3, -0.25) is 0 Å². The van der Waals surface area contributed by atoms with Crippen LogP contribution in [0, 0.1) is 6.92 Å². The molecule has 1 aromatic heterocycles. The number of benzene rings is 1. The summed E-state index contributed by atoms with van der Waals surface area (Å²) in [7, 11) is -3.36. The van der Waals surface area contributed by atoms with E-state index >= 15 is 0 Å². The molecule has 6 nitrogen and oxygen atoms in total. The highest BCUT2D eigenvalue weighted by Gasteiger charge is 2.31. The minimum Gasteiger partial charge on any atom is -0.368 e. The molecule has 0 unspecified atom stereocenters. The fourth-order valence-corrected chi connectivity index (χ4v) is 4.03. The summed E-state index contributed by atoms with van der Waals surface area (Å²) < 4.78 is 32.3. The van der Waals surface area contributed by atoms with E-state index < -0.39 is 10.0 Å². The van der Waals surface area contributed by atoms with Crippen molar-refractivity contribution >= 4 is 10.0 Å². The number of hydrogen-bond acceptors (Lipinski definition) is 4. The molecule has 1 atom stereocenters. The topological polar surface area (TPSA) is 75.3 Å². The van der Waals surface area contributed by atoms with Crippen molar-refractivity contribution in [1.82, 2.24) is 14.3 Å². The van der Waals surface area contributed by atoms with Crippen molar-refractivity contribution in [2.24, 2.45) is 0 Å². The van der Waals surface area contributed by atoms with E-state index in [2.05, 4.69) is 9.97 Å². The summed E-state index contributed by atoms with van der Waals surface area (Å²) in [5, 5.41) is 0. The van der Waals surface area contributed by atoms with Gasteiger partial charge in [0.1, 0.15) is 11.9 Å². The summed E-state index contributed by atoms with van der Waals surface area (Å²) in [5.41, 5.74) is 1.72. The van der Waals surface area contributed by atoms with Crippen molar-refractivity contribution < 1.29 is 13.2 Å². The Bertz CT molecular complexity index is 728. The van der Waals surface area contributed by atoms with Gasteiger partial charge in [0.05, 0.1) is 12.4 Å². The molecular weight excluding hydrogens is 302 g/mol. The van der Waals surface area contributed by atoms with E-state index in [0.29, 0.717) is 25.5 Å². The Kier molecular flexibility index (Phi) is 4.28. The Morgan fingerprint density at radius 1 is 1.36 bits per heavy atom. The lowest BCUT2D eigenvalue weighted by atomic mass is 10.2. The van der Waals surface area contributed by atoms with Crippen LogP contribution in [0.3, 0.4) is 0 Å². The minimum atomic E-state index is -3.36. The van der Waals surface area contributed by atoms with Crippen molar-refractivity contribution in [3.05, 3.63) is 53.6 Å². The van der Waals surface area contributed by atoms with Crippen molar-refractivity contribution in [3.8, 4) is 0 Å². The van der Waals surface area contributed by atoms with Crippen LogP contribution in [0.25, 0.3) is 0 Å². The van der Waals surface area contributed by atoms with E-state index in [1.54, 1.807) is 6.20 Å². The molecule has 1 fully saturated rings. The number of aromatic amines is 1. The van der Waals surface area contributed by atoms with Gasteiger partial charge >= 0.3 is 0 Å². The smallest absolute Gasteiger partial charge is 0.218 e. The Morgan fingerprint density at radius 3 is 2.82 bits per heavy atom. The third kappa shape index (κ3) is 3.37. The molecule has 3 rings (SSSR count). The van der Waals surface area contributed by atoms with Crippen molar-refractivity contribution in [3.63, 3.8) is 0 Å². The van der Waals surface area contributed by atoms with E-state index in [-0.39, 0.29) is 11.9 Å². The number of morpholine rings is 1. The molecule has 2 heterocycles. The van der Waals surface area contributed by atoms with Crippen LogP contribution in [0.15, 0.2) is 36.5 Å². The van der Waals surface area contributed by atoms with Gasteiger partial charge < -0.3 is 9.72 Å². The summed E-state index contributed by atoms with van der Waals surface area (Å²) in [6, 6.07) is 9.22. The Labute approximate surface area is 130 Å². The molecule has 1 aromatic carbocycles. The molecule has 22 heavy (non-hydrogen) atoms. The van der Waals surface area contributed by atoms with Crippen LogP contribution in [0.2, 0.25) is 0 Å². The molecule has 0 bridgehead atoms. The van der Waals surface area contributed by atoms with Gasteiger partial charge in [-0.2, -0.15) is 4.31 Å². The lowest BCUT2D eigenvalue weighted by molar-refractivity contribution is -0.00715. The number of nitrogens with one attached hydrogen (secondary N) is 1. The molecule has 118 valence electrons. The van der Waals surface area contributed by atoms with Gasteiger partial charge in [0.2, 0.25) is 10.0 Å². The molecule has 1 saturated heterocycles. The van der Waals surface area contributed by atoms with Crippen LogP contribution < -0.4 is 0 Å². The van der Waals surface area contributed by atoms with Gasteiger partial charge in [-0.15, -0.1) is 0 Å². The van der Waals surface area contributed by atoms with Gasteiger partial charge in [0, 0.05) is 25.0 Å². The van der Waals surface area contributed by atoms with Gasteiger partial charge in [-0.1, -0.05) is 30.3 Å². The number of H-pyrrole nitrogens is 1. The van der Waals surface area contributed by atoms with E-state index in [1.807, 2.05) is 37.3 Å². The highest BCUT2D eigenvalue weighted by molar-refractivity contribution is 7.88. The zero-order chi connectivity index (χ0) is 15.6. The van der Waals surface area contributed by atoms with Crippen LogP contribution in [0.1, 0.15) is 23.2 Å². The zero-order valence-corrected chi connectivity index (χ0v) is 13.2. The molecule has 1 aliphatic rings. The van der Waals surface area contributed by atoms with Crippen LogP contribution in [0.4, 0.5) is 0 Å². The van der Waals surface area contributed by atoms with Gasteiger partial charge in [0.25, 0.3) is 0 Å². The first kappa shape index (κ1) is 15.2. The molecule has 0 amide bonds. The number of sulfonamides is 1. The SMILES string of the molecule is Cc1cnc([C@@H]2CN(S(=O)(=O)Cc3ccccc3)CCO2)[nH]1. The third-order valence-electron chi connectivity index (χ3n) is 3.64. The molecule has 1 aliphatic heterocycles. The number of aryl methyl sites for hydroxylation is 1. The Balaban J connectivity index is 1.73. The maximum absolute atomic E-state index is 12.6. The van der Waals surface area contributed by atoms with E-state index in [0.717, 1.165) is 11.3 Å². The largest absolute Gasteiger partial charge is 0.368 e. The van der Waals surface area contributed by atoms with Crippen LogP contribution >= 0.6 is 0 Å². The number of rotatable bonds is 4. The highest BCUT2D eigenvalue weighted by Crippen LogP contribution is 2.23. The van der Waals surface area contributed by atoms with Gasteiger partial charge in [-0.25, -0.2) is 13.4 Å². The predicted octanol–water partition coefficient (Wildman–Crippen LogP) is 1.62. The lowest BCUT2D eigenvalue weighted by Gasteiger charge is -2.31. The number of ether oxygens (including phenoxy) is 1. The average Bonchev–Trinajstić information content (AvgIpc) is 2.95. The minimum absolute atomic E-state index is 0.0116. The summed E-state index contributed by atoms with van der Waals surface area (Å²) in [5.74, 6) is 0.690. The van der Waals surface area contributed by atoms with Gasteiger partial charge in [-0.05, 0) is 12.5 Å². The summed E-state index contributed by atoms with van der Waals surface area (Å²) in [6.07, 6.45) is 1.38. The molecule has 0 spiro atoms. The van der Waals surface area contributed by atoms with E-state index in [4.69, 9.17) is 4.74 Å². The number of hydrogen-bond donors (Lipinski definition) is 1. The lowest BCUT2D eigenvalue weighted by Crippen LogP contribution is -2.43. The molecule has 7 heteroatoms. The maximum Gasteiger partial charge on any atom is 0.218 e. The van der Waals surface area contributed by atoms with Crippen LogP contribution in [0.5, 0.6) is 0 Å². The number of aromatic nitrogens is 2. The normalized spacial score (nSPS) is 20.1. The first-order valence-electron chi connectivity index (χ1n) is 7.19. The first-order chi connectivity index (χ1) is 10.5. The molecule has 0 saturated carbocycles.